The molecule has 0 aromatic carbocycles. The van der Waals surface area contributed by atoms with Crippen LogP contribution in [0.4, 0.5) is 0 Å². The number of aryl methyl sites for hydroxylation is 1. The standard InChI is InChI=1S/C10H16N2O5S/c1-7(6-13)12(3)18(16,17)8-4-9(10(14)15)11(2)5-8/h4-5,7,13H,6H2,1-3H3,(H,14,15). The summed E-state index contributed by atoms with van der Waals surface area (Å²) >= 11 is 0. The highest BCUT2D eigenvalue weighted by atomic mass is 32.2. The minimum atomic E-state index is -3.80. The van der Waals surface area contributed by atoms with E-state index in [4.69, 9.17) is 10.2 Å². The lowest BCUT2D eigenvalue weighted by atomic mass is 10.4. The molecule has 0 saturated heterocycles. The third-order valence-electron chi connectivity index (χ3n) is 2.76. The Hall–Kier alpha value is -1.38. The lowest BCUT2D eigenvalue weighted by molar-refractivity contribution is 0.0686. The van der Waals surface area contributed by atoms with Gasteiger partial charge in [0.15, 0.2) is 0 Å². The van der Waals surface area contributed by atoms with Gasteiger partial charge in [-0.2, -0.15) is 4.31 Å². The first-order valence-corrected chi connectivity index (χ1v) is 6.64. The van der Waals surface area contributed by atoms with E-state index in [1.807, 2.05) is 0 Å². The summed E-state index contributed by atoms with van der Waals surface area (Å²) in [5.74, 6) is -1.20. The average molecular weight is 276 g/mol. The van der Waals surface area contributed by atoms with Crippen LogP contribution in [0.5, 0.6) is 0 Å². The Morgan fingerprint density at radius 2 is 2.11 bits per heavy atom. The van der Waals surface area contributed by atoms with E-state index in [1.165, 1.54) is 24.9 Å². The van der Waals surface area contributed by atoms with Crippen LogP contribution in [0, 0.1) is 0 Å². The van der Waals surface area contributed by atoms with E-state index in [2.05, 4.69) is 0 Å². The number of aliphatic hydroxyl groups excluding tert-OH is 1. The summed E-state index contributed by atoms with van der Waals surface area (Å²) in [5, 5.41) is 17.8. The van der Waals surface area contributed by atoms with Crippen LogP contribution in [-0.2, 0) is 17.1 Å². The SMILES string of the molecule is CC(CO)N(C)S(=O)(=O)c1cc(C(=O)O)n(C)c1. The van der Waals surface area contributed by atoms with E-state index in [1.54, 1.807) is 6.92 Å². The Labute approximate surface area is 105 Å². The summed E-state index contributed by atoms with van der Waals surface area (Å²) < 4.78 is 26.5. The van der Waals surface area contributed by atoms with Crippen LogP contribution in [0.1, 0.15) is 17.4 Å². The van der Waals surface area contributed by atoms with E-state index in [-0.39, 0.29) is 17.2 Å². The highest BCUT2D eigenvalue weighted by Crippen LogP contribution is 2.19. The molecule has 0 radical (unpaired) electrons. The van der Waals surface area contributed by atoms with Crippen molar-refractivity contribution in [1.29, 1.82) is 0 Å². The van der Waals surface area contributed by atoms with Gasteiger partial charge in [-0.3, -0.25) is 0 Å². The Morgan fingerprint density at radius 1 is 1.56 bits per heavy atom. The molecule has 0 aliphatic heterocycles. The summed E-state index contributed by atoms with van der Waals surface area (Å²) in [6.07, 6.45) is 1.24. The van der Waals surface area contributed by atoms with Crippen LogP contribution in [0.15, 0.2) is 17.2 Å². The molecule has 102 valence electrons. The van der Waals surface area contributed by atoms with Crippen molar-refractivity contribution < 1.29 is 23.4 Å². The number of hydrogen-bond donors (Lipinski definition) is 2. The Balaban J connectivity index is 3.21. The molecule has 8 heteroatoms. The maximum Gasteiger partial charge on any atom is 0.352 e. The molecular formula is C10H16N2O5S. The minimum Gasteiger partial charge on any atom is -0.477 e. The second kappa shape index (κ2) is 5.09. The largest absolute Gasteiger partial charge is 0.477 e. The van der Waals surface area contributed by atoms with Crippen molar-refractivity contribution >= 4 is 16.0 Å². The maximum absolute atomic E-state index is 12.1. The number of aromatic carboxylic acids is 1. The van der Waals surface area contributed by atoms with Crippen molar-refractivity contribution in [3.8, 4) is 0 Å². The summed E-state index contributed by atoms with van der Waals surface area (Å²) in [5.41, 5.74) is -0.112. The van der Waals surface area contributed by atoms with Gasteiger partial charge in [0.25, 0.3) is 0 Å². The van der Waals surface area contributed by atoms with E-state index in [0.29, 0.717) is 0 Å². The van der Waals surface area contributed by atoms with Gasteiger partial charge in [-0.1, -0.05) is 0 Å². The Kier molecular flexibility index (Phi) is 4.15. The van der Waals surface area contributed by atoms with Crippen molar-refractivity contribution in [3.05, 3.63) is 18.0 Å². The van der Waals surface area contributed by atoms with Gasteiger partial charge in [0.05, 0.1) is 6.61 Å². The molecule has 1 aromatic heterocycles. The molecular weight excluding hydrogens is 260 g/mol. The summed E-state index contributed by atoms with van der Waals surface area (Å²) in [6.45, 7) is 1.24. The fraction of sp³-hybridized carbons (Fsp3) is 0.500. The zero-order valence-electron chi connectivity index (χ0n) is 10.4. The smallest absolute Gasteiger partial charge is 0.352 e. The average Bonchev–Trinajstić information content (AvgIpc) is 2.70. The van der Waals surface area contributed by atoms with Crippen LogP contribution >= 0.6 is 0 Å². The molecule has 7 nitrogen and oxygen atoms in total. The normalized spacial score (nSPS) is 13.8. The third-order valence-corrected chi connectivity index (χ3v) is 4.70. The summed E-state index contributed by atoms with van der Waals surface area (Å²) in [6, 6.07) is 0.515. The first kappa shape index (κ1) is 14.7. The topological polar surface area (TPSA) is 99.8 Å². The van der Waals surface area contributed by atoms with Crippen molar-refractivity contribution in [1.82, 2.24) is 8.87 Å². The number of nitrogens with zero attached hydrogens (tertiary/aromatic N) is 2. The zero-order valence-corrected chi connectivity index (χ0v) is 11.2. The van der Waals surface area contributed by atoms with Crippen LogP contribution in [0.2, 0.25) is 0 Å². The fourth-order valence-corrected chi connectivity index (χ4v) is 2.83. The molecule has 1 unspecified atom stereocenters. The third kappa shape index (κ3) is 2.55. The van der Waals surface area contributed by atoms with Crippen LogP contribution in [0.25, 0.3) is 0 Å². The lowest BCUT2D eigenvalue weighted by Gasteiger charge is -2.21. The number of carbonyl (C=O) groups is 1. The van der Waals surface area contributed by atoms with Gasteiger partial charge in [-0.05, 0) is 13.0 Å². The Bertz CT molecular complexity index is 549. The molecule has 18 heavy (non-hydrogen) atoms. The number of carboxylic acid groups (broad SMARTS) is 1. The van der Waals surface area contributed by atoms with Crippen LogP contribution in [0.3, 0.4) is 0 Å². The highest BCUT2D eigenvalue weighted by molar-refractivity contribution is 7.89. The van der Waals surface area contributed by atoms with E-state index >= 15 is 0 Å². The zero-order chi connectivity index (χ0) is 14.1. The molecule has 0 aliphatic rings. The van der Waals surface area contributed by atoms with Gasteiger partial charge in [-0.25, -0.2) is 13.2 Å². The van der Waals surface area contributed by atoms with Crippen molar-refractivity contribution in [2.45, 2.75) is 17.9 Å². The van der Waals surface area contributed by atoms with E-state index in [9.17, 15) is 13.2 Å². The van der Waals surface area contributed by atoms with Gasteiger partial charge in [0.2, 0.25) is 10.0 Å². The predicted molar refractivity (Wildman–Crippen MR) is 63.9 cm³/mol. The summed E-state index contributed by atoms with van der Waals surface area (Å²) in [4.78, 5) is 10.7. The van der Waals surface area contributed by atoms with Gasteiger partial charge >= 0.3 is 5.97 Å². The molecule has 0 fully saturated rings. The molecule has 1 heterocycles. The quantitative estimate of drug-likeness (QED) is 0.770. The number of aliphatic hydroxyl groups is 1. The molecule has 0 amide bonds. The van der Waals surface area contributed by atoms with Gasteiger partial charge in [0, 0.05) is 26.3 Å². The molecule has 0 aliphatic carbocycles. The first-order valence-electron chi connectivity index (χ1n) is 5.20. The lowest BCUT2D eigenvalue weighted by Crippen LogP contribution is -2.37. The molecule has 0 spiro atoms. The van der Waals surface area contributed by atoms with E-state index < -0.39 is 22.0 Å². The maximum atomic E-state index is 12.1. The number of likely N-dealkylation sites (N-methyl/N-ethyl adjacent to an activating group) is 1. The van der Waals surface area contributed by atoms with Crippen molar-refractivity contribution in [2.75, 3.05) is 13.7 Å². The number of sulfonamides is 1. The number of aromatic nitrogens is 1. The highest BCUT2D eigenvalue weighted by Gasteiger charge is 2.27. The van der Waals surface area contributed by atoms with Gasteiger partial charge < -0.3 is 14.8 Å². The monoisotopic (exact) mass is 276 g/mol. The molecule has 1 atom stereocenters. The van der Waals surface area contributed by atoms with E-state index in [0.717, 1.165) is 10.4 Å². The predicted octanol–water partition coefficient (Wildman–Crippen LogP) is -0.275. The number of carboxylic acids is 1. The Morgan fingerprint density at radius 3 is 2.50 bits per heavy atom. The van der Waals surface area contributed by atoms with Crippen LogP contribution in [-0.4, -0.2) is 53.2 Å². The molecule has 1 rings (SSSR count). The van der Waals surface area contributed by atoms with Gasteiger partial charge in [-0.15, -0.1) is 0 Å². The molecule has 1 aromatic rings. The minimum absolute atomic E-state index is 0.106. The molecule has 2 N–H and O–H groups in total. The van der Waals surface area contributed by atoms with Gasteiger partial charge in [0.1, 0.15) is 10.6 Å². The number of rotatable bonds is 5. The van der Waals surface area contributed by atoms with Crippen molar-refractivity contribution in [2.24, 2.45) is 7.05 Å². The second-order valence-corrected chi connectivity index (χ2v) is 6.03. The second-order valence-electron chi connectivity index (χ2n) is 4.03. The fourth-order valence-electron chi connectivity index (χ4n) is 1.41. The number of hydrogen-bond acceptors (Lipinski definition) is 4. The molecule has 0 bridgehead atoms. The van der Waals surface area contributed by atoms with Crippen LogP contribution < -0.4 is 0 Å². The first-order chi connectivity index (χ1) is 8.21. The van der Waals surface area contributed by atoms with Crippen molar-refractivity contribution in [3.63, 3.8) is 0 Å². The molecule has 0 saturated carbocycles. The summed E-state index contributed by atoms with van der Waals surface area (Å²) in [7, 11) is -1.00.